The van der Waals surface area contributed by atoms with Gasteiger partial charge in [-0.15, -0.1) is 0 Å². The van der Waals surface area contributed by atoms with Crippen LogP contribution in [0.5, 0.6) is 0 Å². The Morgan fingerprint density at radius 2 is 1.83 bits per heavy atom. The summed E-state index contributed by atoms with van der Waals surface area (Å²) in [4.78, 5) is 22.3. The van der Waals surface area contributed by atoms with Gasteiger partial charge in [0.15, 0.2) is 5.16 Å². The number of unbranched alkanes of at least 4 members (excludes halogenated alkanes) is 1. The van der Waals surface area contributed by atoms with Crippen LogP contribution in [-0.2, 0) is 18.8 Å². The maximum Gasteiger partial charge on any atom is 0.262 e. The van der Waals surface area contributed by atoms with Crippen molar-refractivity contribution >= 4 is 22.7 Å². The fourth-order valence-corrected chi connectivity index (χ4v) is 4.30. The van der Waals surface area contributed by atoms with Crippen molar-refractivity contribution in [2.45, 2.75) is 43.8 Å². The molecule has 0 saturated carbocycles. The first kappa shape index (κ1) is 19.5. The molecular weight excluding hydrogens is 380 g/mol. The molecule has 6 heteroatoms. The Bertz CT molecular complexity index is 1150. The number of nitrogens with zero attached hydrogens (tertiary/aromatic N) is 4. The zero-order valence-electron chi connectivity index (χ0n) is 16.5. The van der Waals surface area contributed by atoms with Crippen LogP contribution >= 0.6 is 11.8 Å². The molecule has 29 heavy (non-hydrogen) atoms. The zero-order chi connectivity index (χ0) is 20.1. The first-order valence-corrected chi connectivity index (χ1v) is 10.9. The molecule has 0 N–H and O–H groups in total. The van der Waals surface area contributed by atoms with Gasteiger partial charge in [0.2, 0.25) is 0 Å². The van der Waals surface area contributed by atoms with E-state index in [0.29, 0.717) is 17.7 Å². The minimum absolute atomic E-state index is 0.0409. The molecule has 0 aliphatic carbocycles. The second-order valence-electron chi connectivity index (χ2n) is 6.97. The lowest BCUT2D eigenvalue weighted by molar-refractivity contribution is 0.557. The summed E-state index contributed by atoms with van der Waals surface area (Å²) in [5, 5.41) is 1.44. The summed E-state index contributed by atoms with van der Waals surface area (Å²) < 4.78 is 3.97. The Labute approximate surface area is 174 Å². The number of rotatable bonds is 8. The van der Waals surface area contributed by atoms with Crippen molar-refractivity contribution in [2.75, 3.05) is 0 Å². The fourth-order valence-electron chi connectivity index (χ4n) is 3.30. The van der Waals surface area contributed by atoms with E-state index >= 15 is 0 Å². The van der Waals surface area contributed by atoms with Gasteiger partial charge in [-0.1, -0.05) is 67.6 Å². The van der Waals surface area contributed by atoms with Gasteiger partial charge >= 0.3 is 0 Å². The van der Waals surface area contributed by atoms with Crippen molar-refractivity contribution in [2.24, 2.45) is 0 Å². The summed E-state index contributed by atoms with van der Waals surface area (Å²) in [5.74, 6) is 1.64. The highest BCUT2D eigenvalue weighted by Crippen LogP contribution is 2.22. The van der Waals surface area contributed by atoms with Crippen LogP contribution < -0.4 is 5.56 Å². The summed E-state index contributed by atoms with van der Waals surface area (Å²) in [6, 6.07) is 17.9. The molecular formula is C23H24N4OS. The van der Waals surface area contributed by atoms with E-state index in [9.17, 15) is 4.79 Å². The van der Waals surface area contributed by atoms with E-state index in [2.05, 4.69) is 28.6 Å². The van der Waals surface area contributed by atoms with Gasteiger partial charge in [0.25, 0.3) is 5.56 Å². The second kappa shape index (κ2) is 9.09. The van der Waals surface area contributed by atoms with Gasteiger partial charge in [0.05, 0.1) is 16.7 Å². The van der Waals surface area contributed by atoms with E-state index in [-0.39, 0.29) is 5.56 Å². The van der Waals surface area contributed by atoms with Crippen LogP contribution in [0.3, 0.4) is 0 Å². The van der Waals surface area contributed by atoms with Crippen molar-refractivity contribution in [3.63, 3.8) is 0 Å². The predicted molar refractivity (Wildman–Crippen MR) is 118 cm³/mol. The van der Waals surface area contributed by atoms with E-state index in [1.54, 1.807) is 11.8 Å². The lowest BCUT2D eigenvalue weighted by Crippen LogP contribution is -2.23. The first-order valence-electron chi connectivity index (χ1n) is 9.92. The molecule has 0 bridgehead atoms. The van der Waals surface area contributed by atoms with E-state index in [0.717, 1.165) is 35.9 Å². The average molecular weight is 405 g/mol. The van der Waals surface area contributed by atoms with Crippen molar-refractivity contribution < 1.29 is 0 Å². The van der Waals surface area contributed by atoms with Crippen LogP contribution in [0.4, 0.5) is 0 Å². The Balaban J connectivity index is 1.60. The average Bonchev–Trinajstić information content (AvgIpc) is 3.19. The van der Waals surface area contributed by atoms with Crippen molar-refractivity contribution in [3.05, 3.63) is 88.7 Å². The standard InChI is InChI=1S/C23H24N4OS/c1-2-3-14-27-22(28)19-11-7-8-12-20(19)25-23(27)29-17-21-24-13-15-26(21)16-18-9-5-4-6-10-18/h4-13,15H,2-3,14,16-17H2,1H3. The van der Waals surface area contributed by atoms with Gasteiger partial charge in [-0.25, -0.2) is 9.97 Å². The van der Waals surface area contributed by atoms with Crippen LogP contribution in [0.15, 0.2) is 76.9 Å². The predicted octanol–water partition coefficient (Wildman–Crippen LogP) is 4.73. The molecule has 2 aromatic heterocycles. The number of hydrogen-bond acceptors (Lipinski definition) is 4. The summed E-state index contributed by atoms with van der Waals surface area (Å²) in [6.45, 7) is 3.60. The van der Waals surface area contributed by atoms with E-state index < -0.39 is 0 Å². The summed E-state index contributed by atoms with van der Waals surface area (Å²) in [7, 11) is 0. The number of thioether (sulfide) groups is 1. The largest absolute Gasteiger partial charge is 0.330 e. The molecule has 5 nitrogen and oxygen atoms in total. The third kappa shape index (κ3) is 4.43. The van der Waals surface area contributed by atoms with Crippen LogP contribution in [0, 0.1) is 0 Å². The highest BCUT2D eigenvalue weighted by Gasteiger charge is 2.13. The quantitative estimate of drug-likeness (QED) is 0.315. The van der Waals surface area contributed by atoms with Crippen molar-refractivity contribution in [3.8, 4) is 0 Å². The molecule has 0 radical (unpaired) electrons. The Morgan fingerprint density at radius 3 is 2.66 bits per heavy atom. The Hall–Kier alpha value is -2.86. The molecule has 0 atom stereocenters. The number of imidazole rings is 1. The number of benzene rings is 2. The summed E-state index contributed by atoms with van der Waals surface area (Å²) in [6.07, 6.45) is 5.82. The minimum Gasteiger partial charge on any atom is -0.330 e. The van der Waals surface area contributed by atoms with Gasteiger partial charge in [0, 0.05) is 25.5 Å². The first-order chi connectivity index (χ1) is 14.3. The zero-order valence-corrected chi connectivity index (χ0v) is 17.3. The van der Waals surface area contributed by atoms with Crippen LogP contribution in [0.25, 0.3) is 10.9 Å². The van der Waals surface area contributed by atoms with Gasteiger partial charge in [-0.2, -0.15) is 0 Å². The molecule has 0 saturated heterocycles. The van der Waals surface area contributed by atoms with Crippen LogP contribution in [0.2, 0.25) is 0 Å². The van der Waals surface area contributed by atoms with Gasteiger partial charge < -0.3 is 4.57 Å². The Morgan fingerprint density at radius 1 is 1.03 bits per heavy atom. The molecule has 0 spiro atoms. The molecule has 0 amide bonds. The maximum atomic E-state index is 13.0. The van der Waals surface area contributed by atoms with Gasteiger partial charge in [-0.05, 0) is 24.1 Å². The molecule has 4 rings (SSSR count). The van der Waals surface area contributed by atoms with Crippen molar-refractivity contribution in [1.82, 2.24) is 19.1 Å². The SMILES string of the molecule is CCCCn1c(SCc2nccn2Cc2ccccc2)nc2ccccc2c1=O. The topological polar surface area (TPSA) is 52.7 Å². The fraction of sp³-hybridized carbons (Fsp3) is 0.261. The number of aromatic nitrogens is 4. The maximum absolute atomic E-state index is 13.0. The smallest absolute Gasteiger partial charge is 0.262 e. The van der Waals surface area contributed by atoms with Crippen molar-refractivity contribution in [1.29, 1.82) is 0 Å². The summed E-state index contributed by atoms with van der Waals surface area (Å²) in [5.41, 5.74) is 2.03. The highest BCUT2D eigenvalue weighted by molar-refractivity contribution is 7.98. The third-order valence-electron chi connectivity index (χ3n) is 4.89. The van der Waals surface area contributed by atoms with Gasteiger partial charge in [-0.3, -0.25) is 9.36 Å². The van der Waals surface area contributed by atoms with E-state index in [1.807, 2.05) is 59.4 Å². The molecule has 0 aliphatic heterocycles. The molecule has 2 aromatic carbocycles. The van der Waals surface area contributed by atoms with E-state index in [1.165, 1.54) is 5.56 Å². The lowest BCUT2D eigenvalue weighted by atomic mass is 10.2. The molecule has 0 fully saturated rings. The monoisotopic (exact) mass is 404 g/mol. The molecule has 2 heterocycles. The minimum atomic E-state index is 0.0409. The van der Waals surface area contributed by atoms with Crippen LogP contribution in [0.1, 0.15) is 31.2 Å². The molecule has 148 valence electrons. The van der Waals surface area contributed by atoms with Crippen LogP contribution in [-0.4, -0.2) is 19.1 Å². The molecule has 0 aliphatic rings. The van der Waals surface area contributed by atoms with E-state index in [4.69, 9.17) is 4.98 Å². The molecule has 0 unspecified atom stereocenters. The van der Waals surface area contributed by atoms with Gasteiger partial charge in [0.1, 0.15) is 5.82 Å². The number of fused-ring (bicyclic) bond motifs is 1. The molecule has 4 aromatic rings. The lowest BCUT2D eigenvalue weighted by Gasteiger charge is -2.13. The number of para-hydroxylation sites is 1. The number of hydrogen-bond donors (Lipinski definition) is 0. The third-order valence-corrected chi connectivity index (χ3v) is 5.86. The second-order valence-corrected chi connectivity index (χ2v) is 7.91. The Kier molecular flexibility index (Phi) is 6.10. The normalized spacial score (nSPS) is 11.2. The summed E-state index contributed by atoms with van der Waals surface area (Å²) >= 11 is 1.58. The highest BCUT2D eigenvalue weighted by atomic mass is 32.2.